The van der Waals surface area contributed by atoms with E-state index in [2.05, 4.69) is 16.2 Å². The molecule has 1 amide bonds. The summed E-state index contributed by atoms with van der Waals surface area (Å²) in [6, 6.07) is 15.0. The fraction of sp³-hybridized carbons (Fsp3) is 0.143. The van der Waals surface area contributed by atoms with Crippen molar-refractivity contribution in [2.45, 2.75) is 13.8 Å². The Kier molecular flexibility index (Phi) is 4.67. The molecule has 2 aromatic carbocycles. The van der Waals surface area contributed by atoms with Gasteiger partial charge in [0.1, 0.15) is 12.4 Å². The van der Waals surface area contributed by atoms with Crippen molar-refractivity contribution in [3.05, 3.63) is 65.4 Å². The van der Waals surface area contributed by atoms with Crippen molar-refractivity contribution < 1.29 is 9.53 Å². The van der Waals surface area contributed by atoms with E-state index in [1.807, 2.05) is 38.1 Å². The normalized spacial score (nSPS) is 10.3. The first-order valence-corrected chi connectivity index (χ1v) is 7.92. The smallest absolute Gasteiger partial charge is 0.257 e. The number of terminal acetylenes is 1. The molecule has 0 aliphatic heterocycles. The molecular weight excluding hydrogens is 312 g/mol. The number of aromatic nitrogens is 1. The van der Waals surface area contributed by atoms with Crippen molar-refractivity contribution in [2.24, 2.45) is 0 Å². The molecule has 25 heavy (non-hydrogen) atoms. The van der Waals surface area contributed by atoms with E-state index < -0.39 is 0 Å². The molecule has 0 saturated carbocycles. The Morgan fingerprint density at radius 3 is 2.84 bits per heavy atom. The van der Waals surface area contributed by atoms with E-state index in [0.717, 1.165) is 16.5 Å². The zero-order valence-electron chi connectivity index (χ0n) is 14.2. The highest BCUT2D eigenvalue weighted by Crippen LogP contribution is 2.21. The van der Waals surface area contributed by atoms with Gasteiger partial charge in [-0.1, -0.05) is 24.1 Å². The molecule has 0 radical (unpaired) electrons. The van der Waals surface area contributed by atoms with Crippen LogP contribution in [0.15, 0.2) is 48.5 Å². The average Bonchev–Trinajstić information content (AvgIpc) is 2.59. The summed E-state index contributed by atoms with van der Waals surface area (Å²) in [6.07, 6.45) is 5.19. The van der Waals surface area contributed by atoms with Crippen LogP contribution in [0.25, 0.3) is 10.9 Å². The van der Waals surface area contributed by atoms with Gasteiger partial charge < -0.3 is 10.1 Å². The number of nitrogens with one attached hydrogen (secondary N) is 1. The van der Waals surface area contributed by atoms with Crippen LogP contribution in [0, 0.1) is 26.2 Å². The van der Waals surface area contributed by atoms with Crippen LogP contribution >= 0.6 is 0 Å². The molecule has 0 aliphatic rings. The third-order valence-electron chi connectivity index (χ3n) is 3.82. The molecule has 4 heteroatoms. The van der Waals surface area contributed by atoms with Crippen LogP contribution in [0.5, 0.6) is 5.75 Å². The molecule has 3 rings (SSSR count). The van der Waals surface area contributed by atoms with Gasteiger partial charge in [-0.05, 0) is 43.7 Å². The molecular formula is C21H18N2O2. The highest BCUT2D eigenvalue weighted by Gasteiger charge is 2.12. The summed E-state index contributed by atoms with van der Waals surface area (Å²) in [4.78, 5) is 17.2. The summed E-state index contributed by atoms with van der Waals surface area (Å²) in [7, 11) is 0. The molecule has 1 N–H and O–H groups in total. The van der Waals surface area contributed by atoms with Crippen molar-refractivity contribution in [3.8, 4) is 18.1 Å². The van der Waals surface area contributed by atoms with Gasteiger partial charge in [-0.15, -0.1) is 6.42 Å². The number of anilines is 1. The van der Waals surface area contributed by atoms with Gasteiger partial charge in [-0.25, -0.2) is 0 Å². The van der Waals surface area contributed by atoms with Crippen molar-refractivity contribution >= 4 is 22.5 Å². The predicted octanol–water partition coefficient (Wildman–Crippen LogP) is 4.12. The number of ether oxygens (including phenoxy) is 1. The van der Waals surface area contributed by atoms with Crippen LogP contribution in [0.3, 0.4) is 0 Å². The van der Waals surface area contributed by atoms with Gasteiger partial charge in [0.2, 0.25) is 0 Å². The number of aryl methyl sites for hydroxylation is 2. The Bertz CT molecular complexity index is 987. The van der Waals surface area contributed by atoms with Crippen LogP contribution < -0.4 is 10.1 Å². The molecule has 0 unspecified atom stereocenters. The van der Waals surface area contributed by atoms with E-state index in [1.54, 1.807) is 24.3 Å². The van der Waals surface area contributed by atoms with Crippen LogP contribution in [-0.2, 0) is 0 Å². The Hall–Kier alpha value is -3.32. The van der Waals surface area contributed by atoms with Crippen LogP contribution in [0.4, 0.5) is 5.69 Å². The molecule has 3 aromatic rings. The fourth-order valence-electron chi connectivity index (χ4n) is 2.59. The Labute approximate surface area is 146 Å². The number of hydrogen-bond donors (Lipinski definition) is 1. The molecule has 1 aromatic heterocycles. The highest BCUT2D eigenvalue weighted by molar-refractivity contribution is 6.06. The number of nitrogens with zero attached hydrogens (tertiary/aromatic N) is 1. The Balaban J connectivity index is 1.86. The van der Waals surface area contributed by atoms with Crippen LogP contribution in [0.1, 0.15) is 21.6 Å². The molecule has 124 valence electrons. The predicted molar refractivity (Wildman–Crippen MR) is 99.9 cm³/mol. The SMILES string of the molecule is C#CCOc1cccc(NC(=O)c2cc3ccc(C)cc3nc2C)c1. The van der Waals surface area contributed by atoms with Gasteiger partial charge >= 0.3 is 0 Å². The van der Waals surface area contributed by atoms with Crippen LogP contribution in [0.2, 0.25) is 0 Å². The number of amides is 1. The molecule has 0 spiro atoms. The first kappa shape index (κ1) is 16.5. The number of hydrogen-bond acceptors (Lipinski definition) is 3. The fourth-order valence-corrected chi connectivity index (χ4v) is 2.59. The third kappa shape index (κ3) is 3.78. The maximum Gasteiger partial charge on any atom is 0.257 e. The maximum atomic E-state index is 12.6. The van der Waals surface area contributed by atoms with Gasteiger partial charge in [0.25, 0.3) is 5.91 Å². The second kappa shape index (κ2) is 7.06. The van der Waals surface area contributed by atoms with E-state index >= 15 is 0 Å². The minimum absolute atomic E-state index is 0.185. The van der Waals surface area contributed by atoms with Gasteiger partial charge in [0, 0.05) is 17.1 Å². The topological polar surface area (TPSA) is 51.2 Å². The highest BCUT2D eigenvalue weighted by atomic mass is 16.5. The monoisotopic (exact) mass is 330 g/mol. The molecule has 0 atom stereocenters. The zero-order valence-corrected chi connectivity index (χ0v) is 14.2. The molecule has 0 aliphatic carbocycles. The lowest BCUT2D eigenvalue weighted by atomic mass is 10.1. The lowest BCUT2D eigenvalue weighted by molar-refractivity contribution is 0.102. The first-order valence-electron chi connectivity index (χ1n) is 7.92. The minimum Gasteiger partial charge on any atom is -0.481 e. The largest absolute Gasteiger partial charge is 0.481 e. The quantitative estimate of drug-likeness (QED) is 0.732. The molecule has 0 bridgehead atoms. The van der Waals surface area contributed by atoms with Gasteiger partial charge in [-0.2, -0.15) is 0 Å². The molecule has 4 nitrogen and oxygen atoms in total. The summed E-state index contributed by atoms with van der Waals surface area (Å²) < 4.78 is 5.38. The number of carbonyl (C=O) groups excluding carboxylic acids is 1. The number of pyridine rings is 1. The minimum atomic E-state index is -0.207. The third-order valence-corrected chi connectivity index (χ3v) is 3.82. The standard InChI is InChI=1S/C21H18N2O2/c1-4-10-25-18-7-5-6-17(13-18)23-21(24)19-12-16-9-8-14(2)11-20(16)22-15(19)3/h1,5-9,11-13H,10H2,2-3H3,(H,23,24). The van der Waals surface area contributed by atoms with E-state index in [4.69, 9.17) is 11.2 Å². The Morgan fingerprint density at radius 1 is 1.20 bits per heavy atom. The number of carbonyl (C=O) groups is 1. The summed E-state index contributed by atoms with van der Waals surface area (Å²) in [6.45, 7) is 4.04. The maximum absolute atomic E-state index is 12.6. The number of rotatable bonds is 4. The summed E-state index contributed by atoms with van der Waals surface area (Å²) in [5.74, 6) is 2.82. The van der Waals surface area contributed by atoms with Crippen molar-refractivity contribution in [2.75, 3.05) is 11.9 Å². The van der Waals surface area contributed by atoms with Crippen molar-refractivity contribution in [1.29, 1.82) is 0 Å². The van der Waals surface area contributed by atoms with E-state index in [-0.39, 0.29) is 12.5 Å². The van der Waals surface area contributed by atoms with Gasteiger partial charge in [0.05, 0.1) is 16.8 Å². The van der Waals surface area contributed by atoms with E-state index in [9.17, 15) is 4.79 Å². The zero-order chi connectivity index (χ0) is 17.8. The van der Waals surface area contributed by atoms with E-state index in [0.29, 0.717) is 22.7 Å². The first-order chi connectivity index (χ1) is 12.1. The van der Waals surface area contributed by atoms with Gasteiger partial charge in [-0.3, -0.25) is 9.78 Å². The van der Waals surface area contributed by atoms with Crippen molar-refractivity contribution in [1.82, 2.24) is 4.98 Å². The molecule has 1 heterocycles. The lowest BCUT2D eigenvalue weighted by Gasteiger charge is -2.10. The summed E-state index contributed by atoms with van der Waals surface area (Å²) in [5, 5.41) is 3.82. The second-order valence-corrected chi connectivity index (χ2v) is 5.79. The summed E-state index contributed by atoms with van der Waals surface area (Å²) >= 11 is 0. The van der Waals surface area contributed by atoms with E-state index in [1.165, 1.54) is 0 Å². The van der Waals surface area contributed by atoms with Crippen LogP contribution in [-0.4, -0.2) is 17.5 Å². The number of benzene rings is 2. The Morgan fingerprint density at radius 2 is 2.04 bits per heavy atom. The molecule has 0 fully saturated rings. The summed E-state index contributed by atoms with van der Waals surface area (Å²) in [5.41, 5.74) is 3.91. The second-order valence-electron chi connectivity index (χ2n) is 5.79. The lowest BCUT2D eigenvalue weighted by Crippen LogP contribution is -2.14. The molecule has 0 saturated heterocycles. The number of fused-ring (bicyclic) bond motifs is 1. The average molecular weight is 330 g/mol. The van der Waals surface area contributed by atoms with Gasteiger partial charge in [0.15, 0.2) is 0 Å². The van der Waals surface area contributed by atoms with Crippen molar-refractivity contribution in [3.63, 3.8) is 0 Å².